The van der Waals surface area contributed by atoms with Gasteiger partial charge in [-0.1, -0.05) is 82.3 Å². The van der Waals surface area contributed by atoms with Gasteiger partial charge in [-0.2, -0.15) is 0 Å². The summed E-state index contributed by atoms with van der Waals surface area (Å²) in [6.07, 6.45) is 4.62. The van der Waals surface area contributed by atoms with Crippen LogP contribution in [0.3, 0.4) is 0 Å². The molecule has 0 fully saturated rings. The third-order valence-corrected chi connectivity index (χ3v) is 20.3. The van der Waals surface area contributed by atoms with E-state index < -0.39 is 155 Å². The minimum atomic E-state index is -1.63. The molecule has 41 N–H and O–H groups in total. The van der Waals surface area contributed by atoms with E-state index in [0.29, 0.717) is 55.8 Å². The van der Waals surface area contributed by atoms with E-state index in [1.807, 2.05) is 26.0 Å². The first kappa shape index (κ1) is 99.8. The Bertz CT molecular complexity index is 4690. The van der Waals surface area contributed by atoms with Crippen LogP contribution < -0.4 is 131 Å². The van der Waals surface area contributed by atoms with E-state index in [1.165, 1.54) is 0 Å². The summed E-state index contributed by atoms with van der Waals surface area (Å²) in [5, 5.41) is 92.2. The topological polar surface area (TPSA) is 779 Å². The number of carbonyl (C=O) groups excluding carboxylic acids is 11. The highest BCUT2D eigenvalue weighted by molar-refractivity contribution is 6.01. The molecule has 0 radical (unpaired) electrons. The second-order valence-electron chi connectivity index (χ2n) is 31.5. The van der Waals surface area contributed by atoms with Crippen molar-refractivity contribution in [3.63, 3.8) is 0 Å². The van der Waals surface area contributed by atoms with Gasteiger partial charge in [-0.05, 0) is 137 Å². The maximum atomic E-state index is 15.6. The number of fused-ring (bicyclic) bond motifs is 3. The van der Waals surface area contributed by atoms with Crippen molar-refractivity contribution < 1.29 is 52.7 Å². The number of aromatic nitrogens is 3. The van der Waals surface area contributed by atoms with Crippen molar-refractivity contribution in [2.45, 2.75) is 203 Å². The van der Waals surface area contributed by atoms with Crippen molar-refractivity contribution in [1.82, 2.24) is 100 Å². The minimum Gasteiger partial charge on any atom is -0.370 e. The highest BCUT2D eigenvalue weighted by Gasteiger charge is 2.38. The van der Waals surface area contributed by atoms with Gasteiger partial charge in [0.15, 0.2) is 35.8 Å². The molecule has 3 heterocycles. The molecule has 0 unspecified atom stereocenters. The third kappa shape index (κ3) is 34.8. The molecule has 0 spiro atoms. The number of hydrogen-bond acceptors (Lipinski definition) is 18. The predicted octanol–water partition coefficient (Wildman–Crippen LogP) is -3.51. The van der Waals surface area contributed by atoms with Gasteiger partial charge in [0, 0.05) is 110 Å². The normalized spacial score (nSPS) is 13.8. The molecule has 0 bridgehead atoms. The first-order valence-corrected chi connectivity index (χ1v) is 41.7. The number of para-hydroxylation sites is 3. The lowest BCUT2D eigenvalue weighted by Crippen LogP contribution is -2.61. The number of guanidine groups is 6. The summed E-state index contributed by atoms with van der Waals surface area (Å²) < 4.78 is 0. The summed E-state index contributed by atoms with van der Waals surface area (Å²) in [6.45, 7) is 7.70. The molecule has 125 heavy (non-hydrogen) atoms. The number of carbonyl (C=O) groups is 11. The fraction of sp³-hybridized carbons (Fsp3) is 0.494. The lowest BCUT2D eigenvalue weighted by molar-refractivity contribution is -0.136. The third-order valence-electron chi connectivity index (χ3n) is 20.3. The predicted molar refractivity (Wildman–Crippen MR) is 476 cm³/mol. The Morgan fingerprint density at radius 2 is 0.496 bits per heavy atom. The van der Waals surface area contributed by atoms with Gasteiger partial charge < -0.3 is 146 Å². The van der Waals surface area contributed by atoms with Crippen LogP contribution in [0.2, 0.25) is 0 Å². The summed E-state index contributed by atoms with van der Waals surface area (Å²) in [4.78, 5) is 172. The van der Waals surface area contributed by atoms with E-state index in [1.54, 1.807) is 93.1 Å². The van der Waals surface area contributed by atoms with Gasteiger partial charge >= 0.3 is 0 Å². The number of aromatic amines is 3. The number of hydrogen-bond donors (Lipinski definition) is 33. The summed E-state index contributed by atoms with van der Waals surface area (Å²) in [5.74, 6) is -12.2. The number of rotatable bonds is 55. The average molecular weight is 1740 g/mol. The molecule has 11 atom stereocenters. The van der Waals surface area contributed by atoms with Crippen LogP contribution in [0.15, 0.2) is 91.4 Å². The molecule has 6 aromatic rings. The van der Waals surface area contributed by atoms with Crippen LogP contribution in [-0.2, 0) is 72.0 Å². The Balaban J connectivity index is 1.37. The molecule has 0 saturated carbocycles. The first-order valence-electron chi connectivity index (χ1n) is 41.7. The maximum absolute atomic E-state index is 15.6. The van der Waals surface area contributed by atoms with Gasteiger partial charge in [0.25, 0.3) is 0 Å². The smallest absolute Gasteiger partial charge is 0.243 e. The average Bonchev–Trinajstić information content (AvgIpc) is 1.79. The number of benzene rings is 3. The van der Waals surface area contributed by atoms with Crippen LogP contribution in [0.5, 0.6) is 0 Å². The van der Waals surface area contributed by atoms with Crippen molar-refractivity contribution in [2.75, 3.05) is 39.3 Å². The van der Waals surface area contributed by atoms with Crippen molar-refractivity contribution in [1.29, 1.82) is 32.5 Å². The lowest BCUT2D eigenvalue weighted by atomic mass is 9.99. The standard InChI is InChI=1S/C81H127N33O11/c1-43(2)35-60(110-66(116)51(82)20-11-29-96-76(84)85)72(122)114-63(38-46-41-103-53-22-9-6-18-49(46)53)74(124)109-57(26-14-32-99-79(90)91)68(118)106-58(27-15-33-100-80(92)93)69(119)112-62(37-45-40-102-52-21-8-5-17-48(45)52)73(123)108-56(25-13-31-98-78(88)89)67(117)107-59(28-16-34-101-81(94)95)70(120)113-64(39-47-42-104-54-23-10-7-19-50(47)54)75(125)111-61(36-44(3)4)71(121)105-55(65(83)115)24-12-30-97-77(86)87/h5-10,17-19,21-23,40-44,51,55-64,102-104H,11-16,20,24-39,82H2,1-4H3,(H2,83,115)(H,105,121)(H,106,118)(H,107,117)(H,108,123)(H,109,124)(H,110,116)(H,111,125)(H,112,119)(H,113,120)(H,114,122)(H4,84,85,96)(H4,86,87,97)(H4,88,89,98)(H4,90,91,99)(H4,92,93,100)(H4,94,95,101)/t51-,55-,56-,57-,58-,59-,60-,61-,62-,63-,64-/m0/s1. The number of nitrogens with two attached hydrogens (primary N) is 8. The highest BCUT2D eigenvalue weighted by atomic mass is 16.2. The monoisotopic (exact) mass is 1740 g/mol. The molecule has 0 aliphatic carbocycles. The Morgan fingerprint density at radius 3 is 0.752 bits per heavy atom. The summed E-state index contributed by atoms with van der Waals surface area (Å²) in [7, 11) is 0. The van der Waals surface area contributed by atoms with Gasteiger partial charge in [-0.3, -0.25) is 85.2 Å². The molecule has 0 saturated heterocycles. The molecule has 44 heteroatoms. The molecule has 682 valence electrons. The van der Waals surface area contributed by atoms with Crippen molar-refractivity contribution >= 4 is 133 Å². The number of primary amides is 1. The number of amides is 11. The Hall–Kier alpha value is -14.0. The Kier molecular flexibility index (Phi) is 40.8. The number of H-pyrrole nitrogens is 3. The van der Waals surface area contributed by atoms with Gasteiger partial charge in [0.05, 0.1) is 6.04 Å². The van der Waals surface area contributed by atoms with Crippen molar-refractivity contribution in [3.05, 3.63) is 108 Å². The van der Waals surface area contributed by atoms with Crippen LogP contribution in [0.4, 0.5) is 0 Å². The molecule has 6 rings (SSSR count). The van der Waals surface area contributed by atoms with E-state index in [4.69, 9.17) is 78.3 Å². The Morgan fingerprint density at radius 1 is 0.288 bits per heavy atom. The van der Waals surface area contributed by atoms with Gasteiger partial charge in [-0.15, -0.1) is 0 Å². The molecule has 3 aromatic carbocycles. The fourth-order valence-electron chi connectivity index (χ4n) is 14.0. The van der Waals surface area contributed by atoms with E-state index in [-0.39, 0.29) is 166 Å². The zero-order valence-electron chi connectivity index (χ0n) is 71.0. The largest absolute Gasteiger partial charge is 0.370 e. The van der Waals surface area contributed by atoms with Crippen LogP contribution >= 0.6 is 0 Å². The van der Waals surface area contributed by atoms with Crippen LogP contribution in [-0.4, -0.2) is 221 Å². The van der Waals surface area contributed by atoms with E-state index >= 15 is 33.6 Å². The van der Waals surface area contributed by atoms with Gasteiger partial charge in [-0.25, -0.2) is 0 Å². The second-order valence-corrected chi connectivity index (χ2v) is 31.5. The SMILES string of the molecule is CC(C)C[C@H](NC(=O)[C@H](Cc1c[nH]c2ccccc12)NC(=O)[C@H](CCCNC(=N)N)NC(=O)[C@H](CCCNC(=N)N)NC(=O)[C@H](Cc1c[nH]c2ccccc12)NC(=O)[C@H](CCCNC(=N)N)NC(=O)[C@H](CCCNC(=N)N)NC(=O)[C@H](Cc1c[nH]c2ccccc12)NC(=O)[C@H](CC(C)C)NC(=O)[C@@H](N)CCCNC(=N)N)C(=O)N[C@@H](CCCNC(=N)N)C(N)=O. The molecular formula is C81H127N33O11. The van der Waals surface area contributed by atoms with Crippen molar-refractivity contribution in [2.24, 2.45) is 57.7 Å². The zero-order chi connectivity index (χ0) is 91.8. The first-order chi connectivity index (χ1) is 59.5. The summed E-state index contributed by atoms with van der Waals surface area (Å²) >= 11 is 0. The molecular weight excluding hydrogens is 1610 g/mol. The maximum Gasteiger partial charge on any atom is 0.243 e. The zero-order valence-corrected chi connectivity index (χ0v) is 71.0. The summed E-state index contributed by atoms with van der Waals surface area (Å²) in [6, 6.07) is 5.81. The van der Waals surface area contributed by atoms with Gasteiger partial charge in [0.2, 0.25) is 65.0 Å². The molecule has 44 nitrogen and oxygen atoms in total. The molecule has 11 amide bonds. The van der Waals surface area contributed by atoms with Crippen molar-refractivity contribution in [3.8, 4) is 0 Å². The second kappa shape index (κ2) is 51.1. The van der Waals surface area contributed by atoms with Crippen LogP contribution in [0.25, 0.3) is 32.7 Å². The lowest BCUT2D eigenvalue weighted by Gasteiger charge is -2.29. The van der Waals surface area contributed by atoms with Crippen LogP contribution in [0, 0.1) is 44.3 Å². The molecule has 0 aliphatic heterocycles. The minimum absolute atomic E-state index is 0.00583. The van der Waals surface area contributed by atoms with E-state index in [9.17, 15) is 19.2 Å². The molecule has 0 aliphatic rings. The van der Waals surface area contributed by atoms with Crippen LogP contribution in [0.1, 0.15) is 134 Å². The van der Waals surface area contributed by atoms with E-state index in [0.717, 1.165) is 0 Å². The Labute approximate surface area is 723 Å². The number of nitrogens with one attached hydrogen (secondary N) is 25. The molecule has 3 aromatic heterocycles. The fourth-order valence-corrected chi connectivity index (χ4v) is 14.0. The van der Waals surface area contributed by atoms with Gasteiger partial charge in [0.1, 0.15) is 60.4 Å². The van der Waals surface area contributed by atoms with E-state index in [2.05, 4.69) is 100 Å². The highest BCUT2D eigenvalue weighted by Crippen LogP contribution is 2.24. The summed E-state index contributed by atoms with van der Waals surface area (Å²) in [5.41, 5.74) is 49.3. The quantitative estimate of drug-likeness (QED) is 0.0100.